The molecule has 1 heterocycles. The Morgan fingerprint density at radius 2 is 1.33 bits per heavy atom. The largest absolute Gasteiger partial charge is 0.433 e. The van der Waals surface area contributed by atoms with Gasteiger partial charge < -0.3 is 5.73 Å². The number of halogens is 6. The number of nitrogens with two attached hydrogens (primary N) is 1. The normalized spacial score (nSPS) is 12.5. The number of nitrogens with zero attached hydrogens (tertiary/aromatic N) is 1. The molecule has 0 fully saturated rings. The molecule has 0 spiro atoms. The van der Waals surface area contributed by atoms with Crippen molar-refractivity contribution in [2.75, 3.05) is 5.73 Å². The minimum atomic E-state index is -4.68. The van der Waals surface area contributed by atoms with Crippen LogP contribution in [0.25, 0.3) is 11.1 Å². The highest BCUT2D eigenvalue weighted by atomic mass is 19.4. The first-order valence-electron chi connectivity index (χ1n) is 5.60. The highest BCUT2D eigenvalue weighted by Gasteiger charge is 2.33. The molecule has 1 aromatic carbocycles. The summed E-state index contributed by atoms with van der Waals surface area (Å²) in [5.74, 6) is -0.361. The molecule has 0 saturated carbocycles. The quantitative estimate of drug-likeness (QED) is 0.795. The molecule has 2 N–H and O–H groups in total. The van der Waals surface area contributed by atoms with Gasteiger partial charge in [0.2, 0.25) is 0 Å². The van der Waals surface area contributed by atoms with Crippen LogP contribution >= 0.6 is 0 Å². The highest BCUT2D eigenvalue weighted by Crippen LogP contribution is 2.34. The standard InChI is InChI=1S/C13H8F6N2/c14-12(15,16)9-3-1-7(2-4-9)8-5-10(13(17,18)19)21-11(20)6-8/h1-6H,(H2,20,21). The fraction of sp³-hybridized carbons (Fsp3) is 0.154. The van der Waals surface area contributed by atoms with Crippen molar-refractivity contribution in [2.24, 2.45) is 0 Å². The van der Waals surface area contributed by atoms with Crippen LogP contribution in [0.3, 0.4) is 0 Å². The molecular formula is C13H8F6N2. The molecule has 8 heteroatoms. The Bertz CT molecular complexity index is 643. The summed E-state index contributed by atoms with van der Waals surface area (Å²) in [5.41, 5.74) is 3.45. The van der Waals surface area contributed by atoms with Crippen molar-refractivity contribution in [1.82, 2.24) is 4.98 Å². The van der Waals surface area contributed by atoms with Crippen LogP contribution in [0.4, 0.5) is 32.2 Å². The van der Waals surface area contributed by atoms with E-state index < -0.39 is 23.6 Å². The number of aromatic nitrogens is 1. The van der Waals surface area contributed by atoms with Crippen molar-refractivity contribution in [2.45, 2.75) is 12.4 Å². The third-order valence-corrected chi connectivity index (χ3v) is 2.68. The van der Waals surface area contributed by atoms with Gasteiger partial charge in [-0.3, -0.25) is 0 Å². The lowest BCUT2D eigenvalue weighted by Crippen LogP contribution is -2.09. The smallest absolute Gasteiger partial charge is 0.384 e. The first-order valence-corrected chi connectivity index (χ1v) is 5.60. The second kappa shape index (κ2) is 4.94. The topological polar surface area (TPSA) is 38.9 Å². The molecule has 112 valence electrons. The average molecular weight is 306 g/mol. The molecule has 2 nitrogen and oxygen atoms in total. The summed E-state index contributed by atoms with van der Waals surface area (Å²) in [7, 11) is 0. The van der Waals surface area contributed by atoms with E-state index in [1.54, 1.807) is 0 Å². The Morgan fingerprint density at radius 3 is 1.81 bits per heavy atom. The number of alkyl halides is 6. The lowest BCUT2D eigenvalue weighted by atomic mass is 10.0. The van der Waals surface area contributed by atoms with E-state index in [1.807, 2.05) is 0 Å². The zero-order valence-electron chi connectivity index (χ0n) is 10.3. The molecular weight excluding hydrogens is 298 g/mol. The monoisotopic (exact) mass is 306 g/mol. The number of anilines is 1. The Hall–Kier alpha value is -2.25. The van der Waals surface area contributed by atoms with Crippen LogP contribution in [0.1, 0.15) is 11.3 Å². The van der Waals surface area contributed by atoms with E-state index in [2.05, 4.69) is 4.98 Å². The van der Waals surface area contributed by atoms with E-state index in [-0.39, 0.29) is 16.9 Å². The van der Waals surface area contributed by atoms with E-state index in [0.717, 1.165) is 36.4 Å². The lowest BCUT2D eigenvalue weighted by molar-refractivity contribution is -0.141. The Balaban J connectivity index is 2.45. The summed E-state index contributed by atoms with van der Waals surface area (Å²) in [6.45, 7) is 0. The molecule has 0 aliphatic heterocycles. The van der Waals surface area contributed by atoms with E-state index in [4.69, 9.17) is 5.73 Å². The Morgan fingerprint density at radius 1 is 0.762 bits per heavy atom. The highest BCUT2D eigenvalue weighted by molar-refractivity contribution is 5.67. The van der Waals surface area contributed by atoms with Gasteiger partial charge in [-0.2, -0.15) is 26.3 Å². The van der Waals surface area contributed by atoms with Gasteiger partial charge in [-0.1, -0.05) is 12.1 Å². The van der Waals surface area contributed by atoms with Gasteiger partial charge in [0.15, 0.2) is 0 Å². The average Bonchev–Trinajstić information content (AvgIpc) is 2.36. The van der Waals surface area contributed by atoms with Crippen LogP contribution in [0.2, 0.25) is 0 Å². The van der Waals surface area contributed by atoms with E-state index in [1.165, 1.54) is 0 Å². The van der Waals surface area contributed by atoms with Crippen molar-refractivity contribution >= 4 is 5.82 Å². The SMILES string of the molecule is Nc1cc(-c2ccc(C(F)(F)F)cc2)cc(C(F)(F)F)n1. The van der Waals surface area contributed by atoms with Crippen molar-refractivity contribution in [1.29, 1.82) is 0 Å². The van der Waals surface area contributed by atoms with Gasteiger partial charge in [0.05, 0.1) is 5.56 Å². The second-order valence-corrected chi connectivity index (χ2v) is 4.24. The zero-order chi connectivity index (χ0) is 15.8. The first-order chi connectivity index (χ1) is 9.57. The molecule has 0 saturated heterocycles. The summed E-state index contributed by atoms with van der Waals surface area (Å²) in [4.78, 5) is 3.16. The minimum Gasteiger partial charge on any atom is -0.384 e. The van der Waals surface area contributed by atoms with Crippen molar-refractivity contribution < 1.29 is 26.3 Å². The van der Waals surface area contributed by atoms with Crippen LogP contribution in [-0.4, -0.2) is 4.98 Å². The van der Waals surface area contributed by atoms with Gasteiger partial charge in [-0.25, -0.2) is 4.98 Å². The van der Waals surface area contributed by atoms with Gasteiger partial charge in [0, 0.05) is 0 Å². The van der Waals surface area contributed by atoms with E-state index in [0.29, 0.717) is 0 Å². The second-order valence-electron chi connectivity index (χ2n) is 4.24. The summed E-state index contributed by atoms with van der Waals surface area (Å²) >= 11 is 0. The number of hydrogen-bond donors (Lipinski definition) is 1. The van der Waals surface area contributed by atoms with Crippen LogP contribution in [-0.2, 0) is 12.4 Å². The number of hydrogen-bond acceptors (Lipinski definition) is 2. The molecule has 0 atom stereocenters. The molecule has 1 aromatic heterocycles. The fourth-order valence-electron chi connectivity index (χ4n) is 1.72. The van der Waals surface area contributed by atoms with Gasteiger partial charge >= 0.3 is 12.4 Å². The van der Waals surface area contributed by atoms with Crippen LogP contribution in [0.5, 0.6) is 0 Å². The number of pyridine rings is 1. The number of benzene rings is 1. The molecule has 0 radical (unpaired) electrons. The Labute approximate surface area is 115 Å². The fourth-order valence-corrected chi connectivity index (χ4v) is 1.72. The van der Waals surface area contributed by atoms with Crippen molar-refractivity contribution in [3.05, 3.63) is 47.7 Å². The van der Waals surface area contributed by atoms with Gasteiger partial charge in [0.1, 0.15) is 11.5 Å². The predicted molar refractivity (Wildman–Crippen MR) is 64.1 cm³/mol. The lowest BCUT2D eigenvalue weighted by Gasteiger charge is -2.11. The van der Waals surface area contributed by atoms with Gasteiger partial charge in [-0.15, -0.1) is 0 Å². The maximum atomic E-state index is 12.6. The maximum Gasteiger partial charge on any atom is 0.433 e. The molecule has 2 rings (SSSR count). The third kappa shape index (κ3) is 3.45. The molecule has 0 bridgehead atoms. The summed E-state index contributed by atoms with van der Waals surface area (Å²) < 4.78 is 75.1. The zero-order valence-corrected chi connectivity index (χ0v) is 10.3. The molecule has 0 aliphatic rings. The molecule has 0 aliphatic carbocycles. The Kier molecular flexibility index (Phi) is 3.56. The minimum absolute atomic E-state index is 0.0450. The third-order valence-electron chi connectivity index (χ3n) is 2.68. The van der Waals surface area contributed by atoms with Crippen molar-refractivity contribution in [3.63, 3.8) is 0 Å². The summed E-state index contributed by atoms with van der Waals surface area (Å²) in [6, 6.07) is 5.64. The molecule has 2 aromatic rings. The van der Waals surface area contributed by atoms with Crippen LogP contribution < -0.4 is 5.73 Å². The van der Waals surface area contributed by atoms with Crippen LogP contribution in [0.15, 0.2) is 36.4 Å². The number of nitrogen functional groups attached to an aromatic ring is 1. The van der Waals surface area contributed by atoms with Gasteiger partial charge in [-0.05, 0) is 35.4 Å². The number of rotatable bonds is 1. The predicted octanol–water partition coefficient (Wildman–Crippen LogP) is 4.37. The molecule has 0 unspecified atom stereocenters. The van der Waals surface area contributed by atoms with E-state index >= 15 is 0 Å². The molecule has 21 heavy (non-hydrogen) atoms. The van der Waals surface area contributed by atoms with Gasteiger partial charge in [0.25, 0.3) is 0 Å². The maximum absolute atomic E-state index is 12.6. The summed E-state index contributed by atoms with van der Waals surface area (Å²) in [6.07, 6.45) is -9.19. The first kappa shape index (κ1) is 15.1. The van der Waals surface area contributed by atoms with Crippen LogP contribution in [0, 0.1) is 0 Å². The molecule has 0 amide bonds. The van der Waals surface area contributed by atoms with Crippen molar-refractivity contribution in [3.8, 4) is 11.1 Å². The summed E-state index contributed by atoms with van der Waals surface area (Å²) in [5, 5.41) is 0. The van der Waals surface area contributed by atoms with E-state index in [9.17, 15) is 26.3 Å².